The van der Waals surface area contributed by atoms with Crippen LogP contribution in [0, 0.1) is 0 Å². The number of ether oxygens (including phenoxy) is 9. The third-order valence-electron chi connectivity index (χ3n) is 11.4. The number of carboxylic acid groups (broad SMARTS) is 1. The summed E-state index contributed by atoms with van der Waals surface area (Å²) >= 11 is 0. The van der Waals surface area contributed by atoms with E-state index in [0.717, 1.165) is 6.92 Å². The summed E-state index contributed by atoms with van der Waals surface area (Å²) in [5, 5.41) is 181. The molecule has 25 atom stereocenters. The lowest BCUT2D eigenvalue weighted by molar-refractivity contribution is -0.392. The molecule has 29 heteroatoms. The number of aliphatic carboxylic acids is 1. The van der Waals surface area contributed by atoms with Crippen molar-refractivity contribution >= 4 is 11.9 Å². The highest BCUT2D eigenvalue weighted by Crippen LogP contribution is 2.41. The summed E-state index contributed by atoms with van der Waals surface area (Å²) in [4.78, 5) is 26.0. The van der Waals surface area contributed by atoms with Crippen LogP contribution in [0.1, 0.15) is 13.3 Å². The monoisotopic (exact) mass is 927 g/mol. The first-order valence-electron chi connectivity index (χ1n) is 19.7. The van der Waals surface area contributed by atoms with E-state index in [9.17, 15) is 96.4 Å². The zero-order chi connectivity index (χ0) is 46.8. The average Bonchev–Trinajstić information content (AvgIpc) is 3.53. The molecule has 5 aliphatic heterocycles. The smallest absolute Gasteiger partial charge is 0.364 e. The zero-order valence-corrected chi connectivity index (χ0v) is 33.2. The molecule has 0 aromatic carbocycles. The second kappa shape index (κ2) is 21.7. The molecule has 0 aliphatic carbocycles. The number of carbonyl (C=O) groups excluding carboxylic acids is 1. The maximum absolute atomic E-state index is 13.4. The summed E-state index contributed by atoms with van der Waals surface area (Å²) < 4.78 is 50.1. The van der Waals surface area contributed by atoms with Crippen molar-refractivity contribution in [3.63, 3.8) is 0 Å². The van der Waals surface area contributed by atoms with E-state index in [-0.39, 0.29) is 0 Å². The van der Waals surface area contributed by atoms with Crippen molar-refractivity contribution in [2.45, 2.75) is 166 Å². The van der Waals surface area contributed by atoms with Gasteiger partial charge in [0.25, 0.3) is 5.79 Å². The lowest BCUT2D eigenvalue weighted by Gasteiger charge is -2.52. The van der Waals surface area contributed by atoms with Crippen molar-refractivity contribution in [1.82, 2.24) is 5.32 Å². The number of carboxylic acids is 1. The first-order chi connectivity index (χ1) is 29.7. The third-order valence-corrected chi connectivity index (χ3v) is 11.4. The molecule has 1 amide bonds. The lowest BCUT2D eigenvalue weighted by Crippen LogP contribution is -2.72. The van der Waals surface area contributed by atoms with E-state index in [2.05, 4.69) is 5.32 Å². The maximum Gasteiger partial charge on any atom is 0.364 e. The number of hydrogen-bond acceptors (Lipinski definition) is 27. The fourth-order valence-electron chi connectivity index (χ4n) is 7.91. The third kappa shape index (κ3) is 10.7. The molecule has 63 heavy (non-hydrogen) atoms. The van der Waals surface area contributed by atoms with Gasteiger partial charge in [-0.2, -0.15) is 0 Å². The number of carbonyl (C=O) groups is 2. The quantitative estimate of drug-likeness (QED) is 0.0644. The Morgan fingerprint density at radius 3 is 1.62 bits per heavy atom. The molecule has 0 saturated carbocycles. The highest BCUT2D eigenvalue weighted by Gasteiger charge is 2.62. The Morgan fingerprint density at radius 2 is 1.11 bits per heavy atom. The molecule has 5 heterocycles. The summed E-state index contributed by atoms with van der Waals surface area (Å²) in [6, 6.07) is -1.82. The zero-order valence-electron chi connectivity index (χ0n) is 33.2. The van der Waals surface area contributed by atoms with Gasteiger partial charge in [0, 0.05) is 13.3 Å². The standard InChI is InChI=1S/C34H57NO28/c1-8(41)35-15-10(56-31-23(50)27(18(45)12(5-38)58-31)61-30-22(49)17(44)11(4-37)57-30)2-34(33(53)54,62-26(15)16(43)9(42)3-36)63-28-19(46)13(6-39)59-32(24(28)51)60-25-14(7-40)55-29(52)21(48)20(25)47/h9-32,36-40,42-52H,2-7H2,1H3,(H,35,41)(H,53,54)/t9-,10+,11+,12-,13-,14-,15-,16-,17+,18+,19+,20-,21-,22-,23-,24-,25-,26-,27+,28+,29-,30+,31+,32+,34+/m1/s1. The molecule has 0 bridgehead atoms. The molecule has 5 aliphatic rings. The van der Waals surface area contributed by atoms with Crippen molar-refractivity contribution in [3.8, 4) is 0 Å². The van der Waals surface area contributed by atoms with E-state index in [1.165, 1.54) is 0 Å². The van der Waals surface area contributed by atoms with Crippen molar-refractivity contribution in [2.24, 2.45) is 0 Å². The van der Waals surface area contributed by atoms with Gasteiger partial charge < -0.3 is 135 Å². The largest absolute Gasteiger partial charge is 0.477 e. The van der Waals surface area contributed by atoms with Gasteiger partial charge >= 0.3 is 5.97 Å². The molecular weight excluding hydrogens is 870 g/mol. The van der Waals surface area contributed by atoms with Crippen LogP contribution in [0.4, 0.5) is 0 Å². The summed E-state index contributed by atoms with van der Waals surface area (Å²) in [5.74, 6) is -6.37. The van der Waals surface area contributed by atoms with Gasteiger partial charge in [0.15, 0.2) is 25.2 Å². The summed E-state index contributed by atoms with van der Waals surface area (Å²) in [6.07, 6.45) is -47.0. The van der Waals surface area contributed by atoms with Crippen molar-refractivity contribution in [2.75, 3.05) is 33.0 Å². The minimum Gasteiger partial charge on any atom is -0.477 e. The van der Waals surface area contributed by atoms with Crippen LogP contribution in [0.3, 0.4) is 0 Å². The summed E-state index contributed by atoms with van der Waals surface area (Å²) in [6.45, 7) is -4.11. The second-order valence-corrected chi connectivity index (χ2v) is 15.6. The predicted octanol–water partition coefficient (Wildman–Crippen LogP) is -11.9. The van der Waals surface area contributed by atoms with Crippen LogP contribution < -0.4 is 5.32 Å². The van der Waals surface area contributed by atoms with E-state index in [4.69, 9.17) is 42.6 Å². The van der Waals surface area contributed by atoms with Crippen molar-refractivity contribution in [3.05, 3.63) is 0 Å². The Balaban J connectivity index is 1.52. The fraction of sp³-hybridized carbons (Fsp3) is 0.941. The fourth-order valence-corrected chi connectivity index (χ4v) is 7.91. The number of aliphatic hydroxyl groups excluding tert-OH is 16. The van der Waals surface area contributed by atoms with Gasteiger partial charge in [-0.25, -0.2) is 4.79 Å². The van der Waals surface area contributed by atoms with Crippen LogP contribution in [0.5, 0.6) is 0 Å². The highest BCUT2D eigenvalue weighted by atomic mass is 16.8. The van der Waals surface area contributed by atoms with E-state index in [0.29, 0.717) is 0 Å². The molecule has 29 nitrogen and oxygen atoms in total. The van der Waals surface area contributed by atoms with Gasteiger partial charge in [0.1, 0.15) is 110 Å². The summed E-state index contributed by atoms with van der Waals surface area (Å²) in [7, 11) is 0. The molecule has 18 N–H and O–H groups in total. The topological polar surface area (TPSA) is 473 Å². The lowest BCUT2D eigenvalue weighted by atomic mass is 9.87. The number of rotatable bonds is 17. The Morgan fingerprint density at radius 1 is 0.619 bits per heavy atom. The molecule has 0 radical (unpaired) electrons. The second-order valence-electron chi connectivity index (χ2n) is 15.6. The summed E-state index contributed by atoms with van der Waals surface area (Å²) in [5.41, 5.74) is 0. The molecule has 5 fully saturated rings. The molecule has 5 saturated heterocycles. The van der Waals surface area contributed by atoms with Crippen LogP contribution in [0.15, 0.2) is 0 Å². The van der Waals surface area contributed by atoms with Crippen LogP contribution >= 0.6 is 0 Å². The van der Waals surface area contributed by atoms with E-state index < -0.39 is 204 Å². The van der Waals surface area contributed by atoms with E-state index >= 15 is 0 Å². The van der Waals surface area contributed by atoms with Gasteiger partial charge in [-0.1, -0.05) is 0 Å². The average molecular weight is 928 g/mol. The minimum absolute atomic E-state index is 0.796. The molecule has 0 aromatic rings. The van der Waals surface area contributed by atoms with Gasteiger partial charge in [-0.3, -0.25) is 4.79 Å². The Bertz CT molecular complexity index is 1490. The van der Waals surface area contributed by atoms with Gasteiger partial charge in [0.05, 0.1) is 45.2 Å². The van der Waals surface area contributed by atoms with Crippen molar-refractivity contribution in [1.29, 1.82) is 0 Å². The Hall–Kier alpha value is -2.06. The number of aliphatic hydroxyl groups is 16. The predicted molar refractivity (Wildman–Crippen MR) is 189 cm³/mol. The minimum atomic E-state index is -3.32. The van der Waals surface area contributed by atoms with Crippen molar-refractivity contribution < 1.29 is 139 Å². The molecule has 0 spiro atoms. The first kappa shape index (κ1) is 51.9. The molecule has 0 aromatic heterocycles. The molecule has 0 unspecified atom stereocenters. The van der Waals surface area contributed by atoms with Crippen LogP contribution in [-0.2, 0) is 52.2 Å². The van der Waals surface area contributed by atoms with Gasteiger partial charge in [-0.05, 0) is 0 Å². The number of amides is 1. The van der Waals surface area contributed by atoms with Crippen LogP contribution in [-0.4, -0.2) is 285 Å². The maximum atomic E-state index is 13.4. The first-order valence-corrected chi connectivity index (χ1v) is 19.7. The van der Waals surface area contributed by atoms with E-state index in [1.807, 2.05) is 0 Å². The van der Waals surface area contributed by atoms with Crippen LogP contribution in [0.2, 0.25) is 0 Å². The van der Waals surface area contributed by atoms with Gasteiger partial charge in [-0.15, -0.1) is 0 Å². The SMILES string of the molecule is CC(=O)N[C@H]1[C@H]([C@H](O)[C@H](O)CO)O[C@@](O[C@H]2[C@@H](O)[C@@H](CO)O[C@@H](O[C@H]3[C@H](O)[C@@H](O)[C@H](O)O[C@@H]3CO)[C@@H]2O)(C(=O)O)C[C@@H]1O[C@H]1O[C@H](CO)[C@H](O)[C@H](O[C@@H]2O[C@@H](CO)[C@H](O)[C@H]2O)[C@H]1O. The Kier molecular flexibility index (Phi) is 17.9. The van der Waals surface area contributed by atoms with Crippen LogP contribution in [0.25, 0.3) is 0 Å². The Labute approximate surface area is 355 Å². The molecule has 366 valence electrons. The highest BCUT2D eigenvalue weighted by molar-refractivity contribution is 5.76. The normalized spacial score (nSPS) is 48.1. The molecule has 5 rings (SSSR count). The van der Waals surface area contributed by atoms with Gasteiger partial charge in [0.2, 0.25) is 5.91 Å². The number of nitrogens with one attached hydrogen (secondary N) is 1. The van der Waals surface area contributed by atoms with E-state index in [1.54, 1.807) is 0 Å². The molecular formula is C34H57NO28. The number of hydrogen-bond donors (Lipinski definition) is 18.